The van der Waals surface area contributed by atoms with E-state index in [2.05, 4.69) is 4.98 Å². The van der Waals surface area contributed by atoms with Crippen molar-refractivity contribution in [2.24, 2.45) is 0 Å². The summed E-state index contributed by atoms with van der Waals surface area (Å²) in [6.45, 7) is 3.65. The molecule has 0 atom stereocenters. The van der Waals surface area contributed by atoms with Crippen LogP contribution in [0.3, 0.4) is 0 Å². The molecule has 0 saturated heterocycles. The molecule has 1 heterocycles. The Kier molecular flexibility index (Phi) is 4.57. The molecule has 0 aliphatic carbocycles. The van der Waals surface area contributed by atoms with E-state index in [-0.39, 0.29) is 12.4 Å². The van der Waals surface area contributed by atoms with Crippen molar-refractivity contribution in [3.63, 3.8) is 0 Å². The number of carbonyl (C=O) groups excluding carboxylic acids is 2. The van der Waals surface area contributed by atoms with E-state index in [1.165, 1.54) is 7.11 Å². The lowest BCUT2D eigenvalue weighted by Crippen LogP contribution is -2.15. The van der Waals surface area contributed by atoms with Gasteiger partial charge in [-0.1, -0.05) is 12.1 Å². The molecule has 5 heteroatoms. The molecule has 0 saturated carbocycles. The molecule has 128 valence electrons. The first-order valence-corrected chi connectivity index (χ1v) is 7.93. The van der Waals surface area contributed by atoms with Crippen molar-refractivity contribution in [3.05, 3.63) is 64.8 Å². The van der Waals surface area contributed by atoms with E-state index in [0.717, 1.165) is 22.2 Å². The van der Waals surface area contributed by atoms with E-state index in [4.69, 9.17) is 9.47 Å². The lowest BCUT2D eigenvalue weighted by molar-refractivity contribution is 0.0474. The van der Waals surface area contributed by atoms with Crippen LogP contribution < -0.4 is 4.74 Å². The number of nitrogens with one attached hydrogen (secondary N) is 1. The summed E-state index contributed by atoms with van der Waals surface area (Å²) >= 11 is 0. The van der Waals surface area contributed by atoms with E-state index in [1.807, 2.05) is 19.9 Å². The number of H-pyrrole nitrogens is 1. The lowest BCUT2D eigenvalue weighted by Gasteiger charge is -2.08. The summed E-state index contributed by atoms with van der Waals surface area (Å²) in [6, 6.07) is 12.2. The minimum absolute atomic E-state index is 0.305. The second-order valence-corrected chi connectivity index (χ2v) is 5.83. The summed E-state index contributed by atoms with van der Waals surface area (Å²) in [6.07, 6.45) is 0. The van der Waals surface area contributed by atoms with Crippen LogP contribution in [0.25, 0.3) is 10.9 Å². The van der Waals surface area contributed by atoms with Gasteiger partial charge < -0.3 is 14.5 Å². The van der Waals surface area contributed by atoms with E-state index < -0.39 is 5.97 Å². The summed E-state index contributed by atoms with van der Waals surface area (Å²) in [7, 11) is 1.49. The maximum absolute atomic E-state index is 12.3. The van der Waals surface area contributed by atoms with Crippen LogP contribution >= 0.6 is 0 Å². The van der Waals surface area contributed by atoms with Crippen molar-refractivity contribution in [2.75, 3.05) is 13.7 Å². The fourth-order valence-electron chi connectivity index (χ4n) is 2.76. The SMILES string of the molecule is COc1ccccc1C(=O)COC(=O)c1ccc2[nH]c(C)c(C)c2c1. The Balaban J connectivity index is 1.74. The molecule has 0 amide bonds. The van der Waals surface area contributed by atoms with Crippen molar-refractivity contribution < 1.29 is 19.1 Å². The number of para-hydroxylation sites is 1. The van der Waals surface area contributed by atoms with Gasteiger partial charge >= 0.3 is 5.97 Å². The standard InChI is InChI=1S/C20H19NO4/c1-12-13(2)21-17-9-8-14(10-16(12)17)20(23)25-11-18(22)15-6-4-5-7-19(15)24-3/h4-10,21H,11H2,1-3H3. The number of aromatic nitrogens is 1. The van der Waals surface area contributed by atoms with Gasteiger partial charge in [-0.15, -0.1) is 0 Å². The number of hydrogen-bond acceptors (Lipinski definition) is 4. The number of benzene rings is 2. The number of carbonyl (C=O) groups is 2. The molecule has 2 aromatic carbocycles. The average Bonchev–Trinajstić information content (AvgIpc) is 2.93. The van der Waals surface area contributed by atoms with Crippen molar-refractivity contribution >= 4 is 22.7 Å². The molecule has 1 N–H and O–H groups in total. The summed E-state index contributed by atoms with van der Waals surface area (Å²) < 4.78 is 10.3. The molecule has 0 aliphatic rings. The highest BCUT2D eigenvalue weighted by Gasteiger charge is 2.16. The number of Topliss-reactive ketones (excluding diaryl/α,β-unsaturated/α-hetero) is 1. The first-order chi connectivity index (χ1) is 12.0. The van der Waals surface area contributed by atoms with E-state index in [0.29, 0.717) is 16.9 Å². The summed E-state index contributed by atoms with van der Waals surface area (Å²) in [4.78, 5) is 27.8. The Labute approximate surface area is 145 Å². The fourth-order valence-corrected chi connectivity index (χ4v) is 2.76. The zero-order chi connectivity index (χ0) is 18.0. The van der Waals surface area contributed by atoms with Crippen LogP contribution in [0.15, 0.2) is 42.5 Å². The fraction of sp³-hybridized carbons (Fsp3) is 0.200. The van der Waals surface area contributed by atoms with Crippen molar-refractivity contribution in [2.45, 2.75) is 13.8 Å². The third kappa shape index (κ3) is 3.26. The van der Waals surface area contributed by atoms with Crippen LogP contribution in [0.1, 0.15) is 32.0 Å². The molecule has 0 aliphatic heterocycles. The maximum Gasteiger partial charge on any atom is 0.338 e. The highest BCUT2D eigenvalue weighted by Crippen LogP contribution is 2.23. The Hall–Kier alpha value is -3.08. The van der Waals surface area contributed by atoms with E-state index in [9.17, 15) is 9.59 Å². The zero-order valence-electron chi connectivity index (χ0n) is 14.4. The molecule has 0 spiro atoms. The third-order valence-electron chi connectivity index (χ3n) is 4.29. The number of esters is 1. The first kappa shape index (κ1) is 16.8. The molecule has 5 nitrogen and oxygen atoms in total. The van der Waals surface area contributed by atoms with E-state index in [1.54, 1.807) is 36.4 Å². The Morgan fingerprint density at radius 3 is 2.60 bits per heavy atom. The second kappa shape index (κ2) is 6.81. The quantitative estimate of drug-likeness (QED) is 0.567. The lowest BCUT2D eigenvalue weighted by atomic mass is 10.1. The minimum Gasteiger partial charge on any atom is -0.496 e. The van der Waals surface area contributed by atoms with Gasteiger partial charge in [0.05, 0.1) is 18.2 Å². The van der Waals surface area contributed by atoms with Crippen LogP contribution in [0.2, 0.25) is 0 Å². The number of aromatic amines is 1. The third-order valence-corrected chi connectivity index (χ3v) is 4.29. The van der Waals surface area contributed by atoms with E-state index >= 15 is 0 Å². The molecule has 0 fully saturated rings. The summed E-state index contributed by atoms with van der Waals surface area (Å²) in [5.41, 5.74) is 3.94. The van der Waals surface area contributed by atoms with Gasteiger partial charge in [-0.2, -0.15) is 0 Å². The molecule has 0 unspecified atom stereocenters. The van der Waals surface area contributed by atoms with Crippen LogP contribution in [0.5, 0.6) is 5.75 Å². The first-order valence-electron chi connectivity index (χ1n) is 7.93. The number of fused-ring (bicyclic) bond motifs is 1. The monoisotopic (exact) mass is 337 g/mol. The van der Waals surface area contributed by atoms with Gasteiger partial charge in [-0.25, -0.2) is 4.79 Å². The zero-order valence-corrected chi connectivity index (χ0v) is 14.4. The van der Waals surface area contributed by atoms with Crippen LogP contribution in [0.4, 0.5) is 0 Å². The Morgan fingerprint density at radius 2 is 1.84 bits per heavy atom. The van der Waals surface area contributed by atoms with Gasteiger partial charge in [-0.05, 0) is 49.7 Å². The normalized spacial score (nSPS) is 10.7. The molecular weight excluding hydrogens is 318 g/mol. The number of ether oxygens (including phenoxy) is 2. The van der Waals surface area contributed by atoms with Crippen LogP contribution in [0, 0.1) is 13.8 Å². The van der Waals surface area contributed by atoms with Gasteiger partial charge in [-0.3, -0.25) is 4.79 Å². The predicted octanol–water partition coefficient (Wildman–Crippen LogP) is 3.83. The van der Waals surface area contributed by atoms with Gasteiger partial charge in [0.15, 0.2) is 6.61 Å². The highest BCUT2D eigenvalue weighted by atomic mass is 16.5. The largest absolute Gasteiger partial charge is 0.496 e. The van der Waals surface area contributed by atoms with Gasteiger partial charge in [0.2, 0.25) is 5.78 Å². The smallest absolute Gasteiger partial charge is 0.338 e. The van der Waals surface area contributed by atoms with Gasteiger partial charge in [0.25, 0.3) is 0 Å². The molecule has 0 bridgehead atoms. The Bertz CT molecular complexity index is 955. The maximum atomic E-state index is 12.3. The average molecular weight is 337 g/mol. The Morgan fingerprint density at radius 1 is 1.08 bits per heavy atom. The molecular formula is C20H19NO4. The van der Waals surface area contributed by atoms with Gasteiger partial charge in [0.1, 0.15) is 5.75 Å². The summed E-state index contributed by atoms with van der Waals surface area (Å²) in [5.74, 6) is -0.368. The molecule has 3 rings (SSSR count). The minimum atomic E-state index is -0.525. The molecule has 0 radical (unpaired) electrons. The molecule has 25 heavy (non-hydrogen) atoms. The number of aryl methyl sites for hydroxylation is 2. The number of methoxy groups -OCH3 is 1. The van der Waals surface area contributed by atoms with Crippen LogP contribution in [-0.2, 0) is 4.74 Å². The van der Waals surface area contributed by atoms with Crippen LogP contribution in [-0.4, -0.2) is 30.5 Å². The number of ketones is 1. The molecule has 3 aromatic rings. The van der Waals surface area contributed by atoms with Crippen molar-refractivity contribution in [1.82, 2.24) is 4.98 Å². The topological polar surface area (TPSA) is 68.4 Å². The number of hydrogen-bond donors (Lipinski definition) is 1. The summed E-state index contributed by atoms with van der Waals surface area (Å²) in [5, 5.41) is 0.975. The van der Waals surface area contributed by atoms with Crippen molar-refractivity contribution in [3.8, 4) is 5.75 Å². The second-order valence-electron chi connectivity index (χ2n) is 5.83. The highest BCUT2D eigenvalue weighted by molar-refractivity contribution is 6.02. The van der Waals surface area contributed by atoms with Crippen molar-refractivity contribution in [1.29, 1.82) is 0 Å². The molecule has 1 aromatic heterocycles. The predicted molar refractivity (Wildman–Crippen MR) is 95.4 cm³/mol. The number of rotatable bonds is 5. The van der Waals surface area contributed by atoms with Gasteiger partial charge in [0, 0.05) is 16.6 Å².